The van der Waals surface area contributed by atoms with Crippen molar-refractivity contribution in [1.82, 2.24) is 19.9 Å². The van der Waals surface area contributed by atoms with Crippen LogP contribution >= 0.6 is 0 Å². The third-order valence-electron chi connectivity index (χ3n) is 5.58. The second kappa shape index (κ2) is 9.87. The molecule has 2 heterocycles. The largest absolute Gasteiger partial charge is 0.382 e. The molecule has 0 atom stereocenters. The minimum atomic E-state index is 0.224. The molecule has 1 aliphatic carbocycles. The Morgan fingerprint density at radius 2 is 2.11 bits per heavy atom. The monoisotopic (exact) mass is 387 g/mol. The number of nitrogens with two attached hydrogens (primary N) is 1. The van der Waals surface area contributed by atoms with Gasteiger partial charge in [0.05, 0.1) is 5.52 Å². The van der Waals surface area contributed by atoms with E-state index in [1.165, 1.54) is 19.3 Å². The number of fused-ring (bicyclic) bond motifs is 1. The van der Waals surface area contributed by atoms with Crippen molar-refractivity contribution < 1.29 is 9.53 Å². The number of carbonyl (C=O) groups is 1. The van der Waals surface area contributed by atoms with Crippen molar-refractivity contribution in [2.45, 2.75) is 71.9 Å². The number of unbranched alkanes of at least 4 members (excludes halogenated alkanes) is 1. The minimum Gasteiger partial charge on any atom is -0.382 e. The van der Waals surface area contributed by atoms with Crippen molar-refractivity contribution in [2.24, 2.45) is 5.92 Å². The highest BCUT2D eigenvalue weighted by molar-refractivity contribution is 5.87. The molecule has 7 heteroatoms. The minimum absolute atomic E-state index is 0.224. The number of nitrogen functional groups attached to an aromatic ring is 1. The van der Waals surface area contributed by atoms with Gasteiger partial charge >= 0.3 is 0 Å². The molecule has 7 nitrogen and oxygen atoms in total. The van der Waals surface area contributed by atoms with Gasteiger partial charge in [-0.3, -0.25) is 4.79 Å². The maximum absolute atomic E-state index is 12.3. The molecule has 1 fully saturated rings. The number of hydrogen-bond acceptors (Lipinski definition) is 5. The molecule has 1 aliphatic rings. The number of nitrogens with one attached hydrogen (secondary N) is 1. The zero-order valence-corrected chi connectivity index (χ0v) is 17.2. The Labute approximate surface area is 167 Å². The average molecular weight is 388 g/mol. The molecule has 0 unspecified atom stereocenters. The Hall–Kier alpha value is -2.15. The van der Waals surface area contributed by atoms with Crippen LogP contribution in [0.5, 0.6) is 0 Å². The van der Waals surface area contributed by atoms with Crippen molar-refractivity contribution in [2.75, 3.05) is 18.9 Å². The van der Waals surface area contributed by atoms with E-state index in [-0.39, 0.29) is 11.8 Å². The molecule has 0 aliphatic heterocycles. The van der Waals surface area contributed by atoms with Gasteiger partial charge in [-0.15, -0.1) is 0 Å². The van der Waals surface area contributed by atoms with E-state index in [0.717, 1.165) is 61.2 Å². The van der Waals surface area contributed by atoms with E-state index in [1.54, 1.807) is 6.20 Å². The van der Waals surface area contributed by atoms with E-state index in [1.807, 2.05) is 13.8 Å². The van der Waals surface area contributed by atoms with Gasteiger partial charge in [-0.1, -0.05) is 19.3 Å². The number of hydrogen-bond donors (Lipinski definition) is 2. The number of ether oxygens (including phenoxy) is 1. The third-order valence-corrected chi connectivity index (χ3v) is 5.58. The summed E-state index contributed by atoms with van der Waals surface area (Å²) < 4.78 is 7.79. The molecular weight excluding hydrogens is 354 g/mol. The topological polar surface area (TPSA) is 95.1 Å². The molecule has 0 radical (unpaired) electrons. The summed E-state index contributed by atoms with van der Waals surface area (Å²) in [5.41, 5.74) is 8.89. The molecule has 154 valence electrons. The number of carbonyl (C=O) groups excluding carboxylic acids is 1. The first-order valence-electron chi connectivity index (χ1n) is 10.6. The van der Waals surface area contributed by atoms with E-state index < -0.39 is 0 Å². The summed E-state index contributed by atoms with van der Waals surface area (Å²) >= 11 is 0. The lowest BCUT2D eigenvalue weighted by Gasteiger charge is -2.20. The lowest BCUT2D eigenvalue weighted by Crippen LogP contribution is -2.32. The molecule has 3 N–H and O–H groups in total. The van der Waals surface area contributed by atoms with Crippen molar-refractivity contribution in [3.8, 4) is 0 Å². The van der Waals surface area contributed by atoms with E-state index in [2.05, 4.69) is 19.9 Å². The van der Waals surface area contributed by atoms with Gasteiger partial charge in [-0.05, 0) is 45.1 Å². The van der Waals surface area contributed by atoms with Gasteiger partial charge in [0.2, 0.25) is 5.91 Å². The molecular formula is C21H33N5O2. The Morgan fingerprint density at radius 3 is 2.86 bits per heavy atom. The molecule has 0 aromatic carbocycles. The van der Waals surface area contributed by atoms with Crippen molar-refractivity contribution in [3.63, 3.8) is 0 Å². The lowest BCUT2D eigenvalue weighted by molar-refractivity contribution is -0.125. The zero-order chi connectivity index (χ0) is 19.9. The van der Waals surface area contributed by atoms with Crippen LogP contribution in [0.4, 0.5) is 5.82 Å². The number of aryl methyl sites for hydroxylation is 2. The second-order valence-corrected chi connectivity index (χ2v) is 7.67. The Balaban J connectivity index is 1.58. The van der Waals surface area contributed by atoms with Crippen LogP contribution in [-0.2, 0) is 22.7 Å². The summed E-state index contributed by atoms with van der Waals surface area (Å²) in [6.07, 6.45) is 9.42. The fourth-order valence-corrected chi connectivity index (χ4v) is 4.03. The van der Waals surface area contributed by atoms with Crippen LogP contribution in [-0.4, -0.2) is 33.6 Å². The van der Waals surface area contributed by atoms with E-state index in [0.29, 0.717) is 19.0 Å². The second-order valence-electron chi connectivity index (χ2n) is 7.67. The summed E-state index contributed by atoms with van der Waals surface area (Å²) in [7, 11) is 0. The van der Waals surface area contributed by atoms with Crippen LogP contribution in [0.25, 0.3) is 11.0 Å². The molecule has 3 rings (SSSR count). The maximum Gasteiger partial charge on any atom is 0.223 e. The van der Waals surface area contributed by atoms with E-state index in [4.69, 9.17) is 10.5 Å². The number of nitrogens with zero attached hydrogens (tertiary/aromatic N) is 3. The van der Waals surface area contributed by atoms with Crippen LogP contribution < -0.4 is 11.1 Å². The Kier molecular flexibility index (Phi) is 7.25. The highest BCUT2D eigenvalue weighted by atomic mass is 16.5. The molecule has 28 heavy (non-hydrogen) atoms. The Morgan fingerprint density at radius 1 is 1.32 bits per heavy atom. The standard InChI is InChI=1S/C21H33N5O2/c1-3-28-14-17-25-18-19(15(2)13-24-20(18)22)26(17)12-8-7-11-23-21(27)16-9-5-4-6-10-16/h13,16H,3-12,14H2,1-2H3,(H2,22,24)(H,23,27). The van der Waals surface area contributed by atoms with Crippen LogP contribution in [0.3, 0.4) is 0 Å². The number of anilines is 1. The first-order valence-corrected chi connectivity index (χ1v) is 10.6. The SMILES string of the molecule is CCOCc1nc2c(N)ncc(C)c2n1CCCCNC(=O)C1CCCCC1. The third kappa shape index (κ3) is 4.82. The van der Waals surface area contributed by atoms with Gasteiger partial charge in [0.25, 0.3) is 0 Å². The fourth-order valence-electron chi connectivity index (χ4n) is 4.03. The predicted octanol–water partition coefficient (Wildman–Crippen LogP) is 3.34. The van der Waals surface area contributed by atoms with Crippen molar-refractivity contribution in [3.05, 3.63) is 17.6 Å². The van der Waals surface area contributed by atoms with Crippen LogP contribution in [0, 0.1) is 12.8 Å². The number of imidazole rings is 1. The first-order chi connectivity index (χ1) is 13.6. The van der Waals surface area contributed by atoms with Crippen molar-refractivity contribution >= 4 is 22.8 Å². The van der Waals surface area contributed by atoms with Gasteiger partial charge in [0.15, 0.2) is 5.82 Å². The number of pyridine rings is 1. The molecule has 0 saturated heterocycles. The molecule has 2 aromatic heterocycles. The lowest BCUT2D eigenvalue weighted by atomic mass is 9.89. The normalized spacial score (nSPS) is 15.2. The molecule has 0 bridgehead atoms. The Bertz CT molecular complexity index is 796. The van der Waals surface area contributed by atoms with E-state index in [9.17, 15) is 4.79 Å². The van der Waals surface area contributed by atoms with E-state index >= 15 is 0 Å². The first kappa shape index (κ1) is 20.6. The summed E-state index contributed by atoms with van der Waals surface area (Å²) in [5, 5.41) is 3.12. The molecule has 0 spiro atoms. The number of aromatic nitrogens is 3. The highest BCUT2D eigenvalue weighted by Gasteiger charge is 2.20. The highest BCUT2D eigenvalue weighted by Crippen LogP contribution is 2.25. The zero-order valence-electron chi connectivity index (χ0n) is 17.2. The van der Waals surface area contributed by atoms with Gasteiger partial charge in [-0.2, -0.15) is 0 Å². The van der Waals surface area contributed by atoms with Crippen LogP contribution in [0.1, 0.15) is 63.3 Å². The molecule has 2 aromatic rings. The van der Waals surface area contributed by atoms with Crippen LogP contribution in [0.2, 0.25) is 0 Å². The van der Waals surface area contributed by atoms with Gasteiger partial charge < -0.3 is 20.4 Å². The number of amides is 1. The quantitative estimate of drug-likeness (QED) is 0.644. The fraction of sp³-hybridized carbons (Fsp3) is 0.667. The molecule has 1 saturated carbocycles. The summed E-state index contributed by atoms with van der Waals surface area (Å²) in [6.45, 7) is 6.66. The van der Waals surface area contributed by atoms with Gasteiger partial charge in [0.1, 0.15) is 17.9 Å². The number of rotatable bonds is 9. The predicted molar refractivity (Wildman–Crippen MR) is 111 cm³/mol. The summed E-state index contributed by atoms with van der Waals surface area (Å²) in [6, 6.07) is 0. The van der Waals surface area contributed by atoms with Crippen molar-refractivity contribution in [1.29, 1.82) is 0 Å². The average Bonchev–Trinajstić information content (AvgIpc) is 3.09. The van der Waals surface area contributed by atoms with Crippen LogP contribution in [0.15, 0.2) is 6.20 Å². The van der Waals surface area contributed by atoms with Gasteiger partial charge in [-0.25, -0.2) is 9.97 Å². The smallest absolute Gasteiger partial charge is 0.223 e. The summed E-state index contributed by atoms with van der Waals surface area (Å²) in [4.78, 5) is 21.2. The maximum atomic E-state index is 12.3. The summed E-state index contributed by atoms with van der Waals surface area (Å²) in [5.74, 6) is 1.80. The molecule has 1 amide bonds. The van der Waals surface area contributed by atoms with Gasteiger partial charge in [0, 0.05) is 31.8 Å².